The minimum absolute atomic E-state index is 0.138. The van der Waals surface area contributed by atoms with Crippen LogP contribution in [0.1, 0.15) is 52.9 Å². The molecule has 2 N–H and O–H groups in total. The van der Waals surface area contributed by atoms with Crippen LogP contribution < -0.4 is 0 Å². The first-order valence-electron chi connectivity index (χ1n) is 9.72. The highest BCUT2D eigenvalue weighted by Gasteiger charge is 2.47. The summed E-state index contributed by atoms with van der Waals surface area (Å²) in [7, 11) is 1.27. The van der Waals surface area contributed by atoms with E-state index in [1.807, 2.05) is 6.92 Å². The van der Waals surface area contributed by atoms with Crippen LogP contribution in [0.3, 0.4) is 0 Å². The van der Waals surface area contributed by atoms with E-state index in [0.717, 1.165) is 25.7 Å². The molecular formula is C22H30O6. The van der Waals surface area contributed by atoms with Gasteiger partial charge in [0.1, 0.15) is 11.4 Å². The van der Waals surface area contributed by atoms with Crippen LogP contribution in [0.4, 0.5) is 0 Å². The number of carbonyl (C=O) groups is 2. The molecule has 0 aromatic rings. The van der Waals surface area contributed by atoms with E-state index in [1.165, 1.54) is 19.4 Å². The van der Waals surface area contributed by atoms with E-state index in [0.29, 0.717) is 23.3 Å². The van der Waals surface area contributed by atoms with Crippen molar-refractivity contribution < 1.29 is 29.3 Å². The lowest BCUT2D eigenvalue weighted by molar-refractivity contribution is -0.135. The van der Waals surface area contributed by atoms with Crippen LogP contribution in [0.15, 0.2) is 46.5 Å². The fraction of sp³-hybridized carbons (Fsp3) is 0.545. The zero-order valence-corrected chi connectivity index (χ0v) is 17.1. The number of methoxy groups -OCH3 is 1. The molecule has 154 valence electrons. The molecule has 0 amide bonds. The molecule has 0 saturated heterocycles. The van der Waals surface area contributed by atoms with Crippen LogP contribution in [-0.2, 0) is 19.1 Å². The van der Waals surface area contributed by atoms with Gasteiger partial charge in [0, 0.05) is 29.2 Å². The van der Waals surface area contributed by atoms with Crippen LogP contribution in [0.25, 0.3) is 0 Å². The zero-order chi connectivity index (χ0) is 20.9. The van der Waals surface area contributed by atoms with Gasteiger partial charge in [0.25, 0.3) is 0 Å². The lowest BCUT2D eigenvalue weighted by Gasteiger charge is -2.25. The van der Waals surface area contributed by atoms with Crippen molar-refractivity contribution in [1.82, 2.24) is 0 Å². The van der Waals surface area contributed by atoms with E-state index in [9.17, 15) is 14.7 Å². The Balaban J connectivity index is 2.30. The first kappa shape index (κ1) is 22.1. The van der Waals surface area contributed by atoms with E-state index >= 15 is 0 Å². The number of fused-ring (bicyclic) bond motifs is 1. The summed E-state index contributed by atoms with van der Waals surface area (Å²) in [4.78, 5) is 25.2. The molecule has 0 bridgehead atoms. The average Bonchev–Trinajstić information content (AvgIpc) is 2.88. The van der Waals surface area contributed by atoms with E-state index in [1.54, 1.807) is 19.9 Å². The number of hydrogen-bond acceptors (Lipinski definition) is 6. The van der Waals surface area contributed by atoms with Gasteiger partial charge in [-0.3, -0.25) is 4.79 Å². The fourth-order valence-electron chi connectivity index (χ4n) is 3.75. The molecule has 2 rings (SSSR count). The van der Waals surface area contributed by atoms with Crippen molar-refractivity contribution in [2.24, 2.45) is 5.92 Å². The van der Waals surface area contributed by atoms with Gasteiger partial charge in [-0.05, 0) is 38.8 Å². The Morgan fingerprint density at radius 1 is 1.29 bits per heavy atom. The Morgan fingerprint density at radius 3 is 2.61 bits per heavy atom. The molecule has 28 heavy (non-hydrogen) atoms. The maximum absolute atomic E-state index is 12.8. The second kappa shape index (κ2) is 9.34. The smallest absolute Gasteiger partial charge is 0.338 e. The predicted octanol–water partition coefficient (Wildman–Crippen LogP) is 3.11. The maximum atomic E-state index is 12.8. The standard InChI is InChI=1S/C22H30O6/c1-14(9-7-5-6-8-11-23)18(24)13-17-19(21(25)27-4)16-10-12-28-15(2)20(16)22(17,3)26/h10,12-14,23,26H,5-9,11H2,1-4H3/b17-13-/t14-,22+/m0/s1. The highest BCUT2D eigenvalue weighted by Crippen LogP contribution is 2.48. The summed E-state index contributed by atoms with van der Waals surface area (Å²) in [6, 6.07) is 0. The Kier molecular flexibility index (Phi) is 7.38. The summed E-state index contributed by atoms with van der Waals surface area (Å²) in [5.41, 5.74) is -0.0761. The molecule has 0 aromatic carbocycles. The van der Waals surface area contributed by atoms with Crippen molar-refractivity contribution in [3.8, 4) is 0 Å². The van der Waals surface area contributed by atoms with Crippen LogP contribution in [0.5, 0.6) is 0 Å². The van der Waals surface area contributed by atoms with Gasteiger partial charge in [-0.15, -0.1) is 0 Å². The molecule has 2 atom stereocenters. The van der Waals surface area contributed by atoms with Crippen LogP contribution in [-0.4, -0.2) is 41.3 Å². The lowest BCUT2D eigenvalue weighted by Crippen LogP contribution is -2.29. The average molecular weight is 390 g/mol. The third-order valence-corrected chi connectivity index (χ3v) is 5.36. The van der Waals surface area contributed by atoms with E-state index in [-0.39, 0.29) is 29.5 Å². The van der Waals surface area contributed by atoms with Crippen molar-refractivity contribution in [3.05, 3.63) is 46.5 Å². The fourth-order valence-corrected chi connectivity index (χ4v) is 3.75. The number of aliphatic hydroxyl groups excluding tert-OH is 1. The van der Waals surface area contributed by atoms with E-state index in [4.69, 9.17) is 14.6 Å². The predicted molar refractivity (Wildman–Crippen MR) is 105 cm³/mol. The third kappa shape index (κ3) is 4.45. The van der Waals surface area contributed by atoms with E-state index in [2.05, 4.69) is 0 Å². The Labute approximate surface area is 166 Å². The second-order valence-electron chi connectivity index (χ2n) is 7.49. The Morgan fingerprint density at radius 2 is 1.96 bits per heavy atom. The van der Waals surface area contributed by atoms with Crippen LogP contribution in [0, 0.1) is 5.92 Å². The Bertz CT molecular complexity index is 751. The first-order chi connectivity index (χ1) is 13.3. The van der Waals surface area contributed by atoms with Crippen LogP contribution in [0.2, 0.25) is 0 Å². The summed E-state index contributed by atoms with van der Waals surface area (Å²) in [5, 5.41) is 20.0. The van der Waals surface area contributed by atoms with Crippen LogP contribution >= 0.6 is 0 Å². The molecular weight excluding hydrogens is 360 g/mol. The van der Waals surface area contributed by atoms with Gasteiger partial charge < -0.3 is 19.7 Å². The van der Waals surface area contributed by atoms with Gasteiger partial charge in [-0.1, -0.05) is 26.2 Å². The molecule has 0 saturated carbocycles. The molecule has 1 aliphatic carbocycles. The highest BCUT2D eigenvalue weighted by atomic mass is 16.5. The SMILES string of the molecule is COC(=O)C1=C2C=COC(C)=C2[C@](C)(O)/C1=C\C(=O)[C@@H](C)CCCCCCO. The largest absolute Gasteiger partial charge is 0.469 e. The number of ketones is 1. The number of rotatable bonds is 9. The molecule has 0 radical (unpaired) electrons. The molecule has 0 unspecified atom stereocenters. The minimum atomic E-state index is -1.52. The first-order valence-corrected chi connectivity index (χ1v) is 9.72. The van der Waals surface area contributed by atoms with Gasteiger partial charge in [0.15, 0.2) is 5.78 Å². The van der Waals surface area contributed by atoms with Gasteiger partial charge in [-0.2, -0.15) is 0 Å². The number of ether oxygens (including phenoxy) is 2. The van der Waals surface area contributed by atoms with Crippen molar-refractivity contribution >= 4 is 11.8 Å². The van der Waals surface area contributed by atoms with Gasteiger partial charge in [0.05, 0.1) is 18.9 Å². The van der Waals surface area contributed by atoms with Crippen molar-refractivity contribution in [3.63, 3.8) is 0 Å². The zero-order valence-electron chi connectivity index (χ0n) is 17.1. The maximum Gasteiger partial charge on any atom is 0.338 e. The molecule has 0 aromatic heterocycles. The lowest BCUT2D eigenvalue weighted by atomic mass is 9.87. The highest BCUT2D eigenvalue weighted by molar-refractivity contribution is 6.03. The minimum Gasteiger partial charge on any atom is -0.469 e. The summed E-state index contributed by atoms with van der Waals surface area (Å²) in [5.74, 6) is -0.482. The monoisotopic (exact) mass is 390 g/mol. The van der Waals surface area contributed by atoms with Gasteiger partial charge >= 0.3 is 5.97 Å². The number of hydrogen-bond donors (Lipinski definition) is 2. The van der Waals surface area contributed by atoms with Crippen molar-refractivity contribution in [1.29, 1.82) is 0 Å². The van der Waals surface area contributed by atoms with E-state index < -0.39 is 11.6 Å². The quantitative estimate of drug-likeness (QED) is 0.357. The number of esters is 1. The summed E-state index contributed by atoms with van der Waals surface area (Å²) < 4.78 is 10.3. The third-order valence-electron chi connectivity index (χ3n) is 5.36. The summed E-state index contributed by atoms with van der Waals surface area (Å²) >= 11 is 0. The number of aliphatic hydroxyl groups is 2. The summed E-state index contributed by atoms with van der Waals surface area (Å²) in [6.45, 7) is 5.31. The molecule has 0 fully saturated rings. The number of unbranched alkanes of at least 4 members (excludes halogenated alkanes) is 3. The topological polar surface area (TPSA) is 93.1 Å². The van der Waals surface area contributed by atoms with Crippen molar-refractivity contribution in [2.75, 3.05) is 13.7 Å². The second-order valence-corrected chi connectivity index (χ2v) is 7.49. The molecule has 1 aliphatic heterocycles. The Hall–Kier alpha value is -2.18. The van der Waals surface area contributed by atoms with Gasteiger partial charge in [-0.25, -0.2) is 4.79 Å². The van der Waals surface area contributed by atoms with Gasteiger partial charge in [0.2, 0.25) is 0 Å². The number of allylic oxidation sites excluding steroid dienone is 3. The molecule has 1 heterocycles. The molecule has 6 nitrogen and oxygen atoms in total. The number of carbonyl (C=O) groups excluding carboxylic acids is 2. The summed E-state index contributed by atoms with van der Waals surface area (Å²) in [6.07, 6.45) is 8.71. The molecule has 0 spiro atoms. The van der Waals surface area contributed by atoms with Crippen molar-refractivity contribution in [2.45, 2.75) is 58.5 Å². The normalized spacial score (nSPS) is 23.7. The molecule has 2 aliphatic rings. The molecule has 6 heteroatoms.